The Hall–Kier alpha value is -1.11. The van der Waals surface area contributed by atoms with Gasteiger partial charge in [-0.2, -0.15) is 0 Å². The molecule has 2 rings (SSSR count). The largest absolute Gasteiger partial charge is 0.238 e. The van der Waals surface area contributed by atoms with E-state index < -0.39 is 0 Å². The molecule has 0 N–H and O–H groups in total. The maximum absolute atomic E-state index is 2.30. The first-order valence-corrected chi connectivity index (χ1v) is 5.47. The third-order valence-corrected chi connectivity index (χ3v) is 2.89. The fourth-order valence-corrected chi connectivity index (χ4v) is 2.12. The van der Waals surface area contributed by atoms with Gasteiger partial charge in [0.15, 0.2) is 6.21 Å². The SMILES string of the molecule is CCCc1cccc2c1C=[N+](C)CC2. The molecule has 0 spiro atoms. The minimum Gasteiger partial charge on any atom is -0.238 e. The number of likely N-dealkylation sites (N-methyl/N-ethyl adjacent to an activating group) is 1. The summed E-state index contributed by atoms with van der Waals surface area (Å²) >= 11 is 0. The van der Waals surface area contributed by atoms with Crippen LogP contribution in [-0.2, 0) is 12.8 Å². The molecule has 0 saturated heterocycles. The monoisotopic (exact) mass is 188 g/mol. The predicted molar refractivity (Wildman–Crippen MR) is 60.4 cm³/mol. The van der Waals surface area contributed by atoms with E-state index in [1.807, 2.05) is 0 Å². The Morgan fingerprint density at radius 1 is 1.36 bits per heavy atom. The molecule has 0 aliphatic carbocycles. The minimum absolute atomic E-state index is 1.16. The van der Waals surface area contributed by atoms with Crippen LogP contribution in [0.3, 0.4) is 0 Å². The average molecular weight is 188 g/mol. The molecule has 74 valence electrons. The molecule has 14 heavy (non-hydrogen) atoms. The number of aryl methyl sites for hydroxylation is 1. The van der Waals surface area contributed by atoms with Gasteiger partial charge in [0.05, 0.1) is 0 Å². The van der Waals surface area contributed by atoms with Crippen LogP contribution < -0.4 is 0 Å². The molecular weight excluding hydrogens is 170 g/mol. The van der Waals surface area contributed by atoms with Crippen LogP contribution in [-0.4, -0.2) is 24.4 Å². The summed E-state index contributed by atoms with van der Waals surface area (Å²) in [6.07, 6.45) is 5.92. The van der Waals surface area contributed by atoms with E-state index in [1.54, 1.807) is 0 Å². The Balaban J connectivity index is 2.45. The lowest BCUT2D eigenvalue weighted by atomic mass is 9.95. The molecule has 1 nitrogen and oxygen atoms in total. The quantitative estimate of drug-likeness (QED) is 0.626. The van der Waals surface area contributed by atoms with Crippen LogP contribution in [0, 0.1) is 0 Å². The van der Waals surface area contributed by atoms with Crippen LogP contribution in [0.25, 0.3) is 0 Å². The fourth-order valence-electron chi connectivity index (χ4n) is 2.12. The highest BCUT2D eigenvalue weighted by molar-refractivity contribution is 5.81. The number of rotatable bonds is 2. The zero-order valence-corrected chi connectivity index (χ0v) is 9.09. The van der Waals surface area contributed by atoms with Crippen LogP contribution in [0.15, 0.2) is 18.2 Å². The molecule has 0 unspecified atom stereocenters. The van der Waals surface area contributed by atoms with Crippen molar-refractivity contribution in [1.82, 2.24) is 0 Å². The van der Waals surface area contributed by atoms with E-state index in [1.165, 1.54) is 36.0 Å². The van der Waals surface area contributed by atoms with Crippen LogP contribution in [0.2, 0.25) is 0 Å². The minimum atomic E-state index is 1.16. The van der Waals surface area contributed by atoms with Crippen molar-refractivity contribution >= 4 is 6.21 Å². The zero-order chi connectivity index (χ0) is 9.97. The van der Waals surface area contributed by atoms with Crippen molar-refractivity contribution in [1.29, 1.82) is 0 Å². The lowest BCUT2D eigenvalue weighted by Gasteiger charge is -2.13. The maximum Gasteiger partial charge on any atom is 0.171 e. The number of nitrogens with zero attached hydrogens (tertiary/aromatic N) is 1. The van der Waals surface area contributed by atoms with Gasteiger partial charge in [0.2, 0.25) is 0 Å². The van der Waals surface area contributed by atoms with Crippen LogP contribution in [0.5, 0.6) is 0 Å². The molecule has 0 atom stereocenters. The van der Waals surface area contributed by atoms with Gasteiger partial charge in [-0.1, -0.05) is 31.5 Å². The summed E-state index contributed by atoms with van der Waals surface area (Å²) in [4.78, 5) is 0. The van der Waals surface area contributed by atoms with E-state index in [0.717, 1.165) is 6.54 Å². The molecule has 1 heteroatoms. The van der Waals surface area contributed by atoms with Gasteiger partial charge in [0, 0.05) is 12.0 Å². The second kappa shape index (κ2) is 3.95. The Labute approximate surface area is 86.1 Å². The highest BCUT2D eigenvalue weighted by atomic mass is 15.0. The fraction of sp³-hybridized carbons (Fsp3) is 0.462. The van der Waals surface area contributed by atoms with Crippen molar-refractivity contribution in [3.05, 3.63) is 34.9 Å². The van der Waals surface area contributed by atoms with Crippen LogP contribution >= 0.6 is 0 Å². The average Bonchev–Trinajstić information content (AvgIpc) is 2.19. The molecule has 0 saturated carbocycles. The highest BCUT2D eigenvalue weighted by Crippen LogP contribution is 2.17. The van der Waals surface area contributed by atoms with Crippen molar-refractivity contribution in [2.45, 2.75) is 26.2 Å². The van der Waals surface area contributed by atoms with Crippen molar-refractivity contribution in [3.8, 4) is 0 Å². The molecule has 0 bridgehead atoms. The van der Waals surface area contributed by atoms with Crippen LogP contribution in [0.4, 0.5) is 0 Å². The summed E-state index contributed by atoms with van der Waals surface area (Å²) < 4.78 is 2.29. The summed E-state index contributed by atoms with van der Waals surface area (Å²) in [7, 11) is 2.16. The lowest BCUT2D eigenvalue weighted by Crippen LogP contribution is -2.20. The van der Waals surface area contributed by atoms with Gasteiger partial charge >= 0.3 is 0 Å². The van der Waals surface area contributed by atoms with E-state index in [-0.39, 0.29) is 0 Å². The summed E-state index contributed by atoms with van der Waals surface area (Å²) in [5, 5.41) is 0. The normalized spacial score (nSPS) is 14.9. The zero-order valence-electron chi connectivity index (χ0n) is 9.09. The number of fused-ring (bicyclic) bond motifs is 1. The predicted octanol–water partition coefficient (Wildman–Crippen LogP) is 2.26. The van der Waals surface area contributed by atoms with Crippen molar-refractivity contribution in [2.75, 3.05) is 13.6 Å². The van der Waals surface area contributed by atoms with Crippen LogP contribution in [0.1, 0.15) is 30.0 Å². The second-order valence-electron chi connectivity index (χ2n) is 4.10. The van der Waals surface area contributed by atoms with Gasteiger partial charge in [-0.05, 0) is 17.5 Å². The molecule has 1 aliphatic heterocycles. The van der Waals surface area contributed by atoms with Crippen molar-refractivity contribution in [2.24, 2.45) is 0 Å². The highest BCUT2D eigenvalue weighted by Gasteiger charge is 2.14. The molecule has 1 aromatic carbocycles. The smallest absolute Gasteiger partial charge is 0.171 e. The summed E-state index contributed by atoms with van der Waals surface area (Å²) in [6.45, 7) is 3.40. The van der Waals surface area contributed by atoms with Gasteiger partial charge in [-0.15, -0.1) is 0 Å². The van der Waals surface area contributed by atoms with E-state index in [4.69, 9.17) is 0 Å². The third kappa shape index (κ3) is 1.72. The van der Waals surface area contributed by atoms with Gasteiger partial charge < -0.3 is 0 Å². The summed E-state index contributed by atoms with van der Waals surface area (Å²) in [5.41, 5.74) is 4.51. The third-order valence-electron chi connectivity index (χ3n) is 2.89. The molecule has 1 aromatic rings. The van der Waals surface area contributed by atoms with Gasteiger partial charge in [-0.25, -0.2) is 4.58 Å². The van der Waals surface area contributed by atoms with E-state index in [0.29, 0.717) is 0 Å². The van der Waals surface area contributed by atoms with E-state index in [9.17, 15) is 0 Å². The summed E-state index contributed by atoms with van der Waals surface area (Å²) in [6, 6.07) is 6.72. The van der Waals surface area contributed by atoms with E-state index >= 15 is 0 Å². The number of benzene rings is 1. The summed E-state index contributed by atoms with van der Waals surface area (Å²) in [5.74, 6) is 0. The molecule has 0 amide bonds. The van der Waals surface area contributed by atoms with Gasteiger partial charge in [0.25, 0.3) is 0 Å². The first kappa shape index (κ1) is 9.45. The molecule has 1 aliphatic rings. The topological polar surface area (TPSA) is 3.01 Å². The molecule has 0 fully saturated rings. The Morgan fingerprint density at radius 3 is 3.00 bits per heavy atom. The standard InChI is InChI=1S/C13H18N/c1-3-5-11-6-4-7-12-8-9-14(2)10-13(11)12/h4,6-7,10H,3,5,8-9H2,1-2H3/q+1. The lowest BCUT2D eigenvalue weighted by molar-refractivity contribution is -0.493. The second-order valence-corrected chi connectivity index (χ2v) is 4.10. The first-order valence-electron chi connectivity index (χ1n) is 5.47. The Kier molecular flexibility index (Phi) is 2.67. The maximum atomic E-state index is 2.30. The molecule has 0 radical (unpaired) electrons. The number of hydrogen-bond donors (Lipinski definition) is 0. The van der Waals surface area contributed by atoms with Crippen molar-refractivity contribution in [3.63, 3.8) is 0 Å². The van der Waals surface area contributed by atoms with E-state index in [2.05, 4.69) is 43.0 Å². The van der Waals surface area contributed by atoms with Crippen molar-refractivity contribution < 1.29 is 4.58 Å². The van der Waals surface area contributed by atoms with Gasteiger partial charge in [0.1, 0.15) is 13.6 Å². The molecule has 0 aromatic heterocycles. The number of hydrogen-bond acceptors (Lipinski definition) is 0. The molecule has 1 heterocycles. The molecular formula is C13H18N+. The Morgan fingerprint density at radius 2 is 2.21 bits per heavy atom. The first-order chi connectivity index (χ1) is 6.81. The Bertz CT molecular complexity index is 363. The van der Waals surface area contributed by atoms with Gasteiger partial charge in [-0.3, -0.25) is 0 Å².